The summed E-state index contributed by atoms with van der Waals surface area (Å²) in [4.78, 5) is 16.3. The number of Topliss-reactive ketones (excluding diaryl/α,β-unsaturated/α-hetero) is 1. The van der Waals surface area contributed by atoms with Gasteiger partial charge in [0.15, 0.2) is 5.78 Å². The summed E-state index contributed by atoms with van der Waals surface area (Å²) in [5, 5.41) is 0. The molecule has 0 aliphatic carbocycles. The smallest absolute Gasteiger partial charge is 0.172 e. The first-order valence-corrected chi connectivity index (χ1v) is 11.1. The highest BCUT2D eigenvalue weighted by atomic mass is 16.1. The van der Waals surface area contributed by atoms with Crippen molar-refractivity contribution >= 4 is 17.2 Å². The number of nitrogens with zero attached hydrogens (tertiary/aromatic N) is 1. The van der Waals surface area contributed by atoms with Crippen LogP contribution in [0.25, 0.3) is 0 Å². The summed E-state index contributed by atoms with van der Waals surface area (Å²) in [6.45, 7) is 6.72. The second kappa shape index (κ2) is 9.65. The van der Waals surface area contributed by atoms with Gasteiger partial charge >= 0.3 is 0 Å². The van der Waals surface area contributed by atoms with E-state index in [4.69, 9.17) is 0 Å². The molecule has 0 fully saturated rings. The third kappa shape index (κ3) is 4.65. The van der Waals surface area contributed by atoms with E-state index in [0.717, 1.165) is 33.6 Å². The van der Waals surface area contributed by atoms with E-state index < -0.39 is 0 Å². The van der Waals surface area contributed by atoms with Crippen molar-refractivity contribution in [2.75, 3.05) is 11.4 Å². The molecule has 160 valence electrons. The Hall–Kier alpha value is -3.65. The molecule has 1 unspecified atom stereocenters. The highest BCUT2D eigenvalue weighted by Gasteiger charge is 2.28. The first kappa shape index (κ1) is 21.6. The second-order valence-electron chi connectivity index (χ2n) is 8.38. The van der Waals surface area contributed by atoms with E-state index >= 15 is 0 Å². The molecule has 4 aromatic carbocycles. The third-order valence-electron chi connectivity index (χ3n) is 5.94. The Kier molecular flexibility index (Phi) is 6.51. The van der Waals surface area contributed by atoms with Crippen LogP contribution in [0.5, 0.6) is 0 Å². The predicted molar refractivity (Wildman–Crippen MR) is 134 cm³/mol. The maximum atomic E-state index is 14.1. The van der Waals surface area contributed by atoms with Crippen molar-refractivity contribution in [3.63, 3.8) is 0 Å². The molecule has 1 atom stereocenters. The summed E-state index contributed by atoms with van der Waals surface area (Å²) in [5.74, 6) is -0.125. The number of para-hydroxylation sites is 2. The minimum Gasteiger partial charge on any atom is -0.340 e. The second-order valence-corrected chi connectivity index (χ2v) is 8.38. The van der Waals surface area contributed by atoms with Gasteiger partial charge in [-0.15, -0.1) is 0 Å². The molecule has 0 heterocycles. The average molecular weight is 420 g/mol. The molecule has 0 aliphatic heterocycles. The van der Waals surface area contributed by atoms with Crippen LogP contribution in [0.1, 0.15) is 38.5 Å². The SMILES string of the molecule is Cc1cc(C)c(C(=O)C(CN(c2ccccc2)c2ccccc2)c2ccccc2)c(C)c1. The molecule has 4 rings (SSSR count). The van der Waals surface area contributed by atoms with Crippen LogP contribution in [0.3, 0.4) is 0 Å². The van der Waals surface area contributed by atoms with E-state index in [-0.39, 0.29) is 11.7 Å². The quantitative estimate of drug-likeness (QED) is 0.291. The zero-order valence-corrected chi connectivity index (χ0v) is 19.0. The van der Waals surface area contributed by atoms with Crippen molar-refractivity contribution < 1.29 is 4.79 Å². The fourth-order valence-electron chi connectivity index (χ4n) is 4.53. The largest absolute Gasteiger partial charge is 0.340 e. The lowest BCUT2D eigenvalue weighted by Gasteiger charge is -2.30. The lowest BCUT2D eigenvalue weighted by molar-refractivity contribution is 0.0961. The van der Waals surface area contributed by atoms with Crippen molar-refractivity contribution in [2.45, 2.75) is 26.7 Å². The van der Waals surface area contributed by atoms with Gasteiger partial charge in [-0.1, -0.05) is 84.4 Å². The van der Waals surface area contributed by atoms with E-state index in [1.54, 1.807) is 0 Å². The minimum atomic E-state index is -0.295. The summed E-state index contributed by atoms with van der Waals surface area (Å²) in [7, 11) is 0. The molecule has 0 aromatic heterocycles. The fraction of sp³-hybridized carbons (Fsp3) is 0.167. The Bertz CT molecular complexity index is 1120. The summed E-state index contributed by atoms with van der Waals surface area (Å²) in [5.41, 5.74) is 7.29. The number of ketones is 1. The number of aryl methyl sites for hydroxylation is 3. The van der Waals surface area contributed by atoms with Crippen LogP contribution >= 0.6 is 0 Å². The minimum absolute atomic E-state index is 0.170. The van der Waals surface area contributed by atoms with Gasteiger partial charge in [-0.05, 0) is 61.7 Å². The molecule has 0 radical (unpaired) electrons. The van der Waals surface area contributed by atoms with Crippen molar-refractivity contribution in [2.24, 2.45) is 0 Å². The summed E-state index contributed by atoms with van der Waals surface area (Å²) < 4.78 is 0. The molecule has 32 heavy (non-hydrogen) atoms. The Balaban J connectivity index is 1.81. The number of carbonyl (C=O) groups excluding carboxylic acids is 1. The van der Waals surface area contributed by atoms with Crippen LogP contribution in [-0.2, 0) is 0 Å². The van der Waals surface area contributed by atoms with Crippen molar-refractivity contribution in [1.82, 2.24) is 0 Å². The molecule has 0 N–H and O–H groups in total. The molecule has 2 heteroatoms. The Morgan fingerprint density at radius 1 is 0.688 bits per heavy atom. The number of carbonyl (C=O) groups is 1. The summed E-state index contributed by atoms with van der Waals surface area (Å²) in [6, 6.07) is 35.0. The Morgan fingerprint density at radius 3 is 1.59 bits per heavy atom. The van der Waals surface area contributed by atoms with Gasteiger partial charge in [-0.25, -0.2) is 0 Å². The van der Waals surface area contributed by atoms with Crippen molar-refractivity contribution in [3.8, 4) is 0 Å². The van der Waals surface area contributed by atoms with Crippen LogP contribution < -0.4 is 4.90 Å². The van der Waals surface area contributed by atoms with E-state index in [0.29, 0.717) is 6.54 Å². The van der Waals surface area contributed by atoms with E-state index in [1.165, 1.54) is 5.56 Å². The van der Waals surface area contributed by atoms with Crippen LogP contribution in [0, 0.1) is 20.8 Å². The monoisotopic (exact) mass is 419 g/mol. The van der Waals surface area contributed by atoms with E-state index in [2.05, 4.69) is 60.4 Å². The maximum absolute atomic E-state index is 14.1. The van der Waals surface area contributed by atoms with Crippen LogP contribution in [0.2, 0.25) is 0 Å². The average Bonchev–Trinajstić information content (AvgIpc) is 2.81. The standard InChI is InChI=1S/C30H29NO/c1-22-19-23(2)29(24(3)20-22)30(32)28(25-13-7-4-8-14-25)21-31(26-15-9-5-10-16-26)27-17-11-6-12-18-27/h4-20,28H,21H2,1-3H3. The molecule has 0 saturated heterocycles. The molecule has 0 bridgehead atoms. The molecule has 0 aliphatic rings. The fourth-order valence-corrected chi connectivity index (χ4v) is 4.53. The molecule has 2 nitrogen and oxygen atoms in total. The molecular weight excluding hydrogens is 390 g/mol. The van der Waals surface area contributed by atoms with Gasteiger partial charge in [0.05, 0.1) is 5.92 Å². The lowest BCUT2D eigenvalue weighted by atomic mass is 9.85. The van der Waals surface area contributed by atoms with Gasteiger partial charge in [0.1, 0.15) is 0 Å². The van der Waals surface area contributed by atoms with Crippen molar-refractivity contribution in [3.05, 3.63) is 131 Å². The van der Waals surface area contributed by atoms with Gasteiger partial charge in [-0.2, -0.15) is 0 Å². The molecular formula is C30H29NO. The van der Waals surface area contributed by atoms with Gasteiger partial charge in [-0.3, -0.25) is 4.79 Å². The lowest BCUT2D eigenvalue weighted by Crippen LogP contribution is -2.29. The maximum Gasteiger partial charge on any atom is 0.172 e. The number of hydrogen-bond donors (Lipinski definition) is 0. The first-order chi connectivity index (χ1) is 15.5. The number of benzene rings is 4. The van der Waals surface area contributed by atoms with Gasteiger partial charge < -0.3 is 4.90 Å². The molecule has 4 aromatic rings. The van der Waals surface area contributed by atoms with Crippen molar-refractivity contribution in [1.29, 1.82) is 0 Å². The predicted octanol–water partition coefficient (Wildman–Crippen LogP) is 7.42. The molecule has 0 saturated carbocycles. The zero-order chi connectivity index (χ0) is 22.5. The Labute approximate surface area is 191 Å². The Morgan fingerprint density at radius 2 is 1.12 bits per heavy atom. The number of anilines is 2. The van der Waals surface area contributed by atoms with Gasteiger partial charge in [0.2, 0.25) is 0 Å². The van der Waals surface area contributed by atoms with Crippen LogP contribution in [-0.4, -0.2) is 12.3 Å². The highest BCUT2D eigenvalue weighted by Crippen LogP contribution is 2.32. The van der Waals surface area contributed by atoms with Gasteiger partial charge in [0.25, 0.3) is 0 Å². The van der Waals surface area contributed by atoms with E-state index in [1.807, 2.05) is 68.4 Å². The normalized spacial score (nSPS) is 11.7. The first-order valence-electron chi connectivity index (χ1n) is 11.1. The highest BCUT2D eigenvalue weighted by molar-refractivity contribution is 6.04. The number of rotatable bonds is 7. The number of hydrogen-bond acceptors (Lipinski definition) is 2. The van der Waals surface area contributed by atoms with E-state index in [9.17, 15) is 4.79 Å². The van der Waals surface area contributed by atoms with Crippen LogP contribution in [0.15, 0.2) is 103 Å². The third-order valence-corrected chi connectivity index (χ3v) is 5.94. The summed E-state index contributed by atoms with van der Waals surface area (Å²) in [6.07, 6.45) is 0. The summed E-state index contributed by atoms with van der Waals surface area (Å²) >= 11 is 0. The zero-order valence-electron chi connectivity index (χ0n) is 19.0. The molecule has 0 spiro atoms. The van der Waals surface area contributed by atoms with Crippen LogP contribution in [0.4, 0.5) is 11.4 Å². The topological polar surface area (TPSA) is 20.3 Å². The van der Waals surface area contributed by atoms with Gasteiger partial charge in [0, 0.05) is 23.5 Å². The molecule has 0 amide bonds.